The van der Waals surface area contributed by atoms with Crippen molar-refractivity contribution < 1.29 is 18.0 Å². The van der Waals surface area contributed by atoms with E-state index in [0.29, 0.717) is 25.7 Å². The Hall–Kier alpha value is -1.63. The molecule has 0 unspecified atom stereocenters. The van der Waals surface area contributed by atoms with Crippen LogP contribution in [0.4, 0.5) is 13.2 Å². The quantitative estimate of drug-likeness (QED) is 0.901. The predicted octanol–water partition coefficient (Wildman–Crippen LogP) is 2.05. The highest BCUT2D eigenvalue weighted by Crippen LogP contribution is 2.30. The highest BCUT2D eigenvalue weighted by Gasteiger charge is 2.34. The van der Waals surface area contributed by atoms with Crippen LogP contribution >= 0.6 is 0 Å². The van der Waals surface area contributed by atoms with Crippen molar-refractivity contribution in [3.63, 3.8) is 0 Å². The van der Waals surface area contributed by atoms with E-state index in [2.05, 4.69) is 4.98 Å². The predicted molar refractivity (Wildman–Crippen MR) is 67.0 cm³/mol. The van der Waals surface area contributed by atoms with Crippen molar-refractivity contribution in [3.05, 3.63) is 29.6 Å². The van der Waals surface area contributed by atoms with Crippen molar-refractivity contribution in [2.24, 2.45) is 5.73 Å². The molecule has 1 aromatic heterocycles. The van der Waals surface area contributed by atoms with Crippen LogP contribution in [0.3, 0.4) is 0 Å². The maximum atomic E-state index is 12.4. The van der Waals surface area contributed by atoms with Gasteiger partial charge in [0.25, 0.3) is 5.91 Å². The van der Waals surface area contributed by atoms with E-state index < -0.39 is 11.7 Å². The summed E-state index contributed by atoms with van der Waals surface area (Å²) < 4.78 is 37.3. The molecule has 4 nitrogen and oxygen atoms in total. The fraction of sp³-hybridized carbons (Fsp3) is 0.538. The van der Waals surface area contributed by atoms with Crippen molar-refractivity contribution in [3.8, 4) is 0 Å². The summed E-state index contributed by atoms with van der Waals surface area (Å²) >= 11 is 0. The van der Waals surface area contributed by atoms with Gasteiger partial charge < -0.3 is 10.6 Å². The standard InChI is InChI=1S/C13H16F3N3O/c14-13(15,16)9-2-5-11(18-8-9)12(20)19(7-1-6-17)10-3-4-10/h2,5,8,10H,1,3-4,6-7,17H2. The summed E-state index contributed by atoms with van der Waals surface area (Å²) in [5.41, 5.74) is 4.62. The molecule has 0 saturated heterocycles. The molecule has 7 heteroatoms. The first kappa shape index (κ1) is 14.8. The van der Waals surface area contributed by atoms with Crippen LogP contribution in [0.2, 0.25) is 0 Å². The summed E-state index contributed by atoms with van der Waals surface area (Å²) in [7, 11) is 0. The molecule has 2 rings (SSSR count). The number of carbonyl (C=O) groups is 1. The van der Waals surface area contributed by atoms with Crippen molar-refractivity contribution >= 4 is 5.91 Å². The van der Waals surface area contributed by atoms with Crippen LogP contribution in [0, 0.1) is 0 Å². The van der Waals surface area contributed by atoms with Crippen LogP contribution < -0.4 is 5.73 Å². The first-order chi connectivity index (χ1) is 9.43. The largest absolute Gasteiger partial charge is 0.417 e. The minimum absolute atomic E-state index is 0.0434. The average molecular weight is 287 g/mol. The van der Waals surface area contributed by atoms with E-state index in [4.69, 9.17) is 5.73 Å². The molecule has 1 aliphatic carbocycles. The molecular formula is C13H16F3N3O. The molecule has 0 atom stereocenters. The van der Waals surface area contributed by atoms with E-state index in [1.54, 1.807) is 4.90 Å². The Morgan fingerprint density at radius 3 is 2.55 bits per heavy atom. The van der Waals surface area contributed by atoms with E-state index >= 15 is 0 Å². The van der Waals surface area contributed by atoms with Crippen LogP contribution in [0.1, 0.15) is 35.3 Å². The van der Waals surface area contributed by atoms with Crippen LogP contribution in [0.25, 0.3) is 0 Å². The summed E-state index contributed by atoms with van der Waals surface area (Å²) in [5.74, 6) is -0.324. The van der Waals surface area contributed by atoms with E-state index in [-0.39, 0.29) is 17.6 Å². The molecule has 0 radical (unpaired) electrons. The zero-order chi connectivity index (χ0) is 14.8. The van der Waals surface area contributed by atoms with Crippen molar-refractivity contribution in [2.75, 3.05) is 13.1 Å². The lowest BCUT2D eigenvalue weighted by Gasteiger charge is -2.21. The van der Waals surface area contributed by atoms with Crippen LogP contribution in [-0.4, -0.2) is 34.9 Å². The molecular weight excluding hydrogens is 271 g/mol. The number of nitrogens with two attached hydrogens (primary N) is 1. The highest BCUT2D eigenvalue weighted by molar-refractivity contribution is 5.92. The highest BCUT2D eigenvalue weighted by atomic mass is 19.4. The second kappa shape index (κ2) is 5.78. The first-order valence-corrected chi connectivity index (χ1v) is 6.48. The second-order valence-electron chi connectivity index (χ2n) is 4.80. The smallest absolute Gasteiger partial charge is 0.334 e. The van der Waals surface area contributed by atoms with Gasteiger partial charge >= 0.3 is 6.18 Å². The number of halogens is 3. The maximum absolute atomic E-state index is 12.4. The summed E-state index contributed by atoms with van der Waals surface area (Å²) in [6, 6.07) is 2.19. The third-order valence-corrected chi connectivity index (χ3v) is 3.16. The number of amides is 1. The fourth-order valence-electron chi connectivity index (χ4n) is 1.93. The van der Waals surface area contributed by atoms with E-state index in [1.165, 1.54) is 0 Å². The molecule has 2 N–H and O–H groups in total. The van der Waals surface area contributed by atoms with Gasteiger partial charge in [-0.1, -0.05) is 0 Å². The number of pyridine rings is 1. The number of rotatable bonds is 5. The molecule has 0 aromatic carbocycles. The third-order valence-electron chi connectivity index (χ3n) is 3.16. The van der Waals surface area contributed by atoms with Crippen LogP contribution in [0.15, 0.2) is 18.3 Å². The molecule has 0 aliphatic heterocycles. The zero-order valence-corrected chi connectivity index (χ0v) is 10.9. The van der Waals surface area contributed by atoms with Gasteiger partial charge in [0.2, 0.25) is 0 Å². The number of aromatic nitrogens is 1. The normalized spacial score (nSPS) is 15.2. The molecule has 0 bridgehead atoms. The summed E-state index contributed by atoms with van der Waals surface area (Å²) in [6.07, 6.45) is -1.22. The van der Waals surface area contributed by atoms with Gasteiger partial charge in [0.15, 0.2) is 0 Å². The average Bonchev–Trinajstić information content (AvgIpc) is 3.23. The first-order valence-electron chi connectivity index (χ1n) is 6.48. The van der Waals surface area contributed by atoms with Gasteiger partial charge in [-0.25, -0.2) is 0 Å². The molecule has 110 valence electrons. The molecule has 0 spiro atoms. The Kier molecular flexibility index (Phi) is 4.27. The maximum Gasteiger partial charge on any atom is 0.417 e. The number of hydrogen-bond acceptors (Lipinski definition) is 3. The lowest BCUT2D eigenvalue weighted by Crippen LogP contribution is -2.35. The Balaban J connectivity index is 2.11. The number of carbonyl (C=O) groups excluding carboxylic acids is 1. The Bertz CT molecular complexity index is 469. The lowest BCUT2D eigenvalue weighted by atomic mass is 10.2. The monoisotopic (exact) mass is 287 g/mol. The molecule has 1 heterocycles. The van der Waals surface area contributed by atoms with E-state index in [9.17, 15) is 18.0 Å². The topological polar surface area (TPSA) is 59.2 Å². The van der Waals surface area contributed by atoms with Gasteiger partial charge in [0, 0.05) is 18.8 Å². The van der Waals surface area contributed by atoms with E-state index in [1.807, 2.05) is 0 Å². The van der Waals surface area contributed by atoms with Gasteiger partial charge in [0.05, 0.1) is 5.56 Å². The van der Waals surface area contributed by atoms with Gasteiger partial charge in [-0.15, -0.1) is 0 Å². The second-order valence-corrected chi connectivity index (χ2v) is 4.80. The molecule has 1 saturated carbocycles. The molecule has 20 heavy (non-hydrogen) atoms. The number of alkyl halides is 3. The number of nitrogens with zero attached hydrogens (tertiary/aromatic N) is 2. The summed E-state index contributed by atoms with van der Waals surface area (Å²) in [4.78, 5) is 17.5. The zero-order valence-electron chi connectivity index (χ0n) is 10.9. The summed E-state index contributed by atoms with van der Waals surface area (Å²) in [5, 5.41) is 0. The van der Waals surface area contributed by atoms with Crippen molar-refractivity contribution in [1.29, 1.82) is 0 Å². The number of hydrogen-bond donors (Lipinski definition) is 1. The SMILES string of the molecule is NCCCN(C(=O)c1ccc(C(F)(F)F)cn1)C1CC1. The summed E-state index contributed by atoms with van der Waals surface area (Å²) in [6.45, 7) is 0.986. The fourth-order valence-corrected chi connectivity index (χ4v) is 1.93. The molecule has 1 aromatic rings. The molecule has 1 fully saturated rings. The van der Waals surface area contributed by atoms with Crippen molar-refractivity contribution in [2.45, 2.75) is 31.5 Å². The van der Waals surface area contributed by atoms with Gasteiger partial charge in [-0.3, -0.25) is 9.78 Å². The van der Waals surface area contributed by atoms with Crippen LogP contribution in [-0.2, 0) is 6.18 Å². The van der Waals surface area contributed by atoms with Gasteiger partial charge in [-0.05, 0) is 37.9 Å². The third kappa shape index (κ3) is 3.47. The van der Waals surface area contributed by atoms with E-state index in [0.717, 1.165) is 25.0 Å². The Morgan fingerprint density at radius 1 is 1.40 bits per heavy atom. The Morgan fingerprint density at radius 2 is 2.10 bits per heavy atom. The molecule has 1 aliphatic rings. The Labute approximate surface area is 114 Å². The lowest BCUT2D eigenvalue weighted by molar-refractivity contribution is -0.137. The van der Waals surface area contributed by atoms with Gasteiger partial charge in [0.1, 0.15) is 5.69 Å². The molecule has 1 amide bonds. The minimum atomic E-state index is -4.44. The van der Waals surface area contributed by atoms with Gasteiger partial charge in [-0.2, -0.15) is 13.2 Å². The van der Waals surface area contributed by atoms with Crippen molar-refractivity contribution in [1.82, 2.24) is 9.88 Å². The minimum Gasteiger partial charge on any atom is -0.334 e. The van der Waals surface area contributed by atoms with Crippen LogP contribution in [0.5, 0.6) is 0 Å².